The molecule has 0 aliphatic carbocycles. The van der Waals surface area contributed by atoms with Crippen LogP contribution in [0.2, 0.25) is 0 Å². The number of carboxylic acid groups (broad SMARTS) is 1. The molecule has 7 heteroatoms. The predicted molar refractivity (Wildman–Crippen MR) is 113 cm³/mol. The first-order valence-corrected chi connectivity index (χ1v) is 10.5. The van der Waals surface area contributed by atoms with Gasteiger partial charge in [-0.15, -0.1) is 11.3 Å². The highest BCUT2D eigenvalue weighted by atomic mass is 32.1. The van der Waals surface area contributed by atoms with E-state index in [1.807, 2.05) is 40.4 Å². The number of hydrogen-bond acceptors (Lipinski definition) is 6. The lowest BCUT2D eigenvalue weighted by molar-refractivity contribution is -0.145. The van der Waals surface area contributed by atoms with Gasteiger partial charge < -0.3 is 9.84 Å². The van der Waals surface area contributed by atoms with E-state index in [1.54, 1.807) is 30.3 Å². The van der Waals surface area contributed by atoms with Crippen molar-refractivity contribution < 1.29 is 14.6 Å². The molecule has 1 aromatic carbocycles. The third kappa shape index (κ3) is 3.90. The minimum atomic E-state index is -1.27. The number of carbonyl (C=O) groups is 1. The summed E-state index contributed by atoms with van der Waals surface area (Å²) in [5, 5.41) is 25.3. The Morgan fingerprint density at radius 3 is 2.59 bits per heavy atom. The predicted octanol–water partition coefficient (Wildman–Crippen LogP) is 5.61. The molecule has 0 bridgehead atoms. The van der Waals surface area contributed by atoms with Gasteiger partial charge in [-0.3, -0.25) is 0 Å². The summed E-state index contributed by atoms with van der Waals surface area (Å²) in [5.41, 5.74) is 2.85. The quantitative estimate of drug-likeness (QED) is 0.440. The first-order valence-electron chi connectivity index (χ1n) is 8.63. The zero-order valence-electron chi connectivity index (χ0n) is 15.0. The third-order valence-corrected chi connectivity index (χ3v) is 5.84. The van der Waals surface area contributed by atoms with E-state index in [-0.39, 0.29) is 11.4 Å². The Bertz CT molecular complexity index is 1170. The molecule has 4 aromatic rings. The van der Waals surface area contributed by atoms with Gasteiger partial charge in [-0.1, -0.05) is 36.4 Å². The monoisotopic (exact) mass is 418 g/mol. The second kappa shape index (κ2) is 8.27. The molecule has 4 rings (SSSR count). The average molecular weight is 418 g/mol. The number of benzene rings is 1. The van der Waals surface area contributed by atoms with Gasteiger partial charge in [0, 0.05) is 11.1 Å². The van der Waals surface area contributed by atoms with Crippen LogP contribution in [0.4, 0.5) is 0 Å². The molecule has 0 fully saturated rings. The standard InChI is InChI=1S/C22H14N2O3S2/c23-12-17-16(15-8-10-28-13-15)11-18(19-7-4-9-29-19)24-21(17)27-20(22(25)26)14-5-2-1-3-6-14/h1-11,13,20H,(H,25,26). The number of hydrogen-bond donors (Lipinski definition) is 1. The van der Waals surface area contributed by atoms with Crippen LogP contribution in [0.25, 0.3) is 21.7 Å². The summed E-state index contributed by atoms with van der Waals surface area (Å²) in [7, 11) is 0. The number of pyridine rings is 1. The topological polar surface area (TPSA) is 83.2 Å². The highest BCUT2D eigenvalue weighted by Gasteiger charge is 2.26. The van der Waals surface area contributed by atoms with Gasteiger partial charge in [0.25, 0.3) is 0 Å². The van der Waals surface area contributed by atoms with Gasteiger partial charge in [0.1, 0.15) is 11.6 Å². The maximum Gasteiger partial charge on any atom is 0.349 e. The van der Waals surface area contributed by atoms with Crippen LogP contribution >= 0.6 is 22.7 Å². The molecule has 1 unspecified atom stereocenters. The number of nitrogens with zero attached hydrogens (tertiary/aromatic N) is 2. The highest BCUT2D eigenvalue weighted by molar-refractivity contribution is 7.13. The zero-order chi connectivity index (χ0) is 20.2. The number of nitriles is 1. The molecular weight excluding hydrogens is 404 g/mol. The number of ether oxygens (including phenoxy) is 1. The third-order valence-electron chi connectivity index (χ3n) is 4.26. The lowest BCUT2D eigenvalue weighted by Crippen LogP contribution is -2.19. The lowest BCUT2D eigenvalue weighted by atomic mass is 10.0. The van der Waals surface area contributed by atoms with E-state index >= 15 is 0 Å². The molecule has 3 heterocycles. The average Bonchev–Trinajstić information content (AvgIpc) is 3.46. The van der Waals surface area contributed by atoms with E-state index in [4.69, 9.17) is 4.74 Å². The largest absolute Gasteiger partial charge is 0.478 e. The second-order valence-electron chi connectivity index (χ2n) is 6.08. The first kappa shape index (κ1) is 18.9. The minimum absolute atomic E-state index is 0.0100. The molecule has 5 nitrogen and oxygen atoms in total. The van der Waals surface area contributed by atoms with Crippen molar-refractivity contribution >= 4 is 28.6 Å². The van der Waals surface area contributed by atoms with Crippen molar-refractivity contribution in [3.63, 3.8) is 0 Å². The van der Waals surface area contributed by atoms with Gasteiger partial charge >= 0.3 is 5.97 Å². The van der Waals surface area contributed by atoms with Gasteiger partial charge in [-0.2, -0.15) is 16.6 Å². The van der Waals surface area contributed by atoms with Crippen LogP contribution in [0.15, 0.2) is 70.7 Å². The van der Waals surface area contributed by atoms with Crippen molar-refractivity contribution in [2.24, 2.45) is 0 Å². The second-order valence-corrected chi connectivity index (χ2v) is 7.81. The van der Waals surface area contributed by atoms with Gasteiger partial charge in [-0.05, 0) is 39.9 Å². The van der Waals surface area contributed by atoms with E-state index < -0.39 is 12.1 Å². The van der Waals surface area contributed by atoms with Crippen molar-refractivity contribution in [3.05, 3.63) is 81.9 Å². The number of aliphatic carboxylic acids is 1. The normalized spacial score (nSPS) is 11.6. The molecule has 0 amide bonds. The molecule has 0 aliphatic heterocycles. The Labute approximate surface area is 175 Å². The molecule has 0 saturated carbocycles. The number of carboxylic acids is 1. The van der Waals surface area contributed by atoms with Crippen LogP contribution in [0.5, 0.6) is 5.88 Å². The van der Waals surface area contributed by atoms with Crippen LogP contribution < -0.4 is 4.74 Å². The molecule has 1 N–H and O–H groups in total. The van der Waals surface area contributed by atoms with Gasteiger partial charge in [0.05, 0.1) is 10.6 Å². The molecule has 0 aliphatic rings. The molecular formula is C22H14N2O3S2. The van der Waals surface area contributed by atoms with Crippen molar-refractivity contribution in [1.82, 2.24) is 4.98 Å². The van der Waals surface area contributed by atoms with Crippen molar-refractivity contribution in [2.45, 2.75) is 6.10 Å². The number of thiophene rings is 2. The molecule has 0 saturated heterocycles. The highest BCUT2D eigenvalue weighted by Crippen LogP contribution is 2.37. The molecule has 0 radical (unpaired) electrons. The van der Waals surface area contributed by atoms with Gasteiger partial charge in [-0.25, -0.2) is 9.78 Å². The summed E-state index contributed by atoms with van der Waals surface area (Å²) in [6.07, 6.45) is -1.27. The maximum absolute atomic E-state index is 11.9. The summed E-state index contributed by atoms with van der Waals surface area (Å²) < 4.78 is 5.84. The molecule has 1 atom stereocenters. The van der Waals surface area contributed by atoms with E-state index in [0.717, 1.165) is 10.4 Å². The Balaban J connectivity index is 1.87. The van der Waals surface area contributed by atoms with Crippen molar-refractivity contribution in [3.8, 4) is 33.6 Å². The van der Waals surface area contributed by atoms with Crippen LogP contribution in [0, 0.1) is 11.3 Å². The SMILES string of the molecule is N#Cc1c(-c2ccsc2)cc(-c2cccs2)nc1OC(C(=O)O)c1ccccc1. The van der Waals surface area contributed by atoms with Crippen molar-refractivity contribution in [2.75, 3.05) is 0 Å². The van der Waals surface area contributed by atoms with Gasteiger partial charge in [0.15, 0.2) is 0 Å². The first-order chi connectivity index (χ1) is 14.2. The zero-order valence-corrected chi connectivity index (χ0v) is 16.6. The summed E-state index contributed by atoms with van der Waals surface area (Å²) in [4.78, 5) is 17.3. The van der Waals surface area contributed by atoms with Crippen LogP contribution in [-0.4, -0.2) is 16.1 Å². The fraction of sp³-hybridized carbons (Fsp3) is 0.0455. The fourth-order valence-corrected chi connectivity index (χ4v) is 4.25. The van der Waals surface area contributed by atoms with Crippen LogP contribution in [-0.2, 0) is 4.79 Å². The minimum Gasteiger partial charge on any atom is -0.478 e. The molecule has 142 valence electrons. The lowest BCUT2D eigenvalue weighted by Gasteiger charge is -2.17. The van der Waals surface area contributed by atoms with Crippen LogP contribution in [0.3, 0.4) is 0 Å². The summed E-state index contributed by atoms with van der Waals surface area (Å²) in [6.45, 7) is 0. The van der Waals surface area contributed by atoms with E-state index in [0.29, 0.717) is 16.8 Å². The maximum atomic E-state index is 11.9. The van der Waals surface area contributed by atoms with E-state index in [1.165, 1.54) is 22.7 Å². The molecule has 0 spiro atoms. The Hall–Kier alpha value is -3.47. The molecule has 3 aromatic heterocycles. The Morgan fingerprint density at radius 1 is 1.14 bits per heavy atom. The van der Waals surface area contributed by atoms with E-state index in [2.05, 4.69) is 11.1 Å². The number of aromatic nitrogens is 1. The Morgan fingerprint density at radius 2 is 1.97 bits per heavy atom. The van der Waals surface area contributed by atoms with Crippen LogP contribution in [0.1, 0.15) is 17.2 Å². The number of rotatable bonds is 6. The molecule has 29 heavy (non-hydrogen) atoms. The Kier molecular flexibility index (Phi) is 5.38. The van der Waals surface area contributed by atoms with Crippen molar-refractivity contribution in [1.29, 1.82) is 5.26 Å². The fourth-order valence-electron chi connectivity index (χ4n) is 2.91. The van der Waals surface area contributed by atoms with E-state index in [9.17, 15) is 15.2 Å². The summed E-state index contributed by atoms with van der Waals surface area (Å²) in [5.74, 6) is -1.14. The summed E-state index contributed by atoms with van der Waals surface area (Å²) in [6, 6.07) is 18.4. The smallest absolute Gasteiger partial charge is 0.349 e. The summed E-state index contributed by atoms with van der Waals surface area (Å²) >= 11 is 3.03. The van der Waals surface area contributed by atoms with Gasteiger partial charge in [0.2, 0.25) is 12.0 Å².